The van der Waals surface area contributed by atoms with Crippen molar-refractivity contribution in [3.63, 3.8) is 0 Å². The van der Waals surface area contributed by atoms with Crippen LogP contribution >= 0.6 is 0 Å². The molecular formula is C26H26N2O6. The molecule has 1 aliphatic carbocycles. The first-order valence-electron chi connectivity index (χ1n) is 11.6. The first kappa shape index (κ1) is 22.1. The average molecular weight is 463 g/mol. The second-order valence-corrected chi connectivity index (χ2v) is 9.03. The van der Waals surface area contributed by atoms with Crippen LogP contribution in [0.15, 0.2) is 48.5 Å². The number of ether oxygens (including phenoxy) is 2. The lowest BCUT2D eigenvalue weighted by Gasteiger charge is -2.19. The quantitative estimate of drug-likeness (QED) is 0.384. The van der Waals surface area contributed by atoms with Crippen molar-refractivity contribution >= 4 is 35.1 Å². The monoisotopic (exact) mass is 462 g/mol. The smallest absolute Gasteiger partial charge is 0.316 e. The molecule has 0 bridgehead atoms. The molecule has 3 amide bonds. The normalized spacial score (nSPS) is 24.4. The van der Waals surface area contributed by atoms with E-state index in [0.717, 1.165) is 25.7 Å². The summed E-state index contributed by atoms with van der Waals surface area (Å²) in [4.78, 5) is 54.0. The molecule has 2 aromatic carbocycles. The van der Waals surface area contributed by atoms with Crippen LogP contribution in [0.25, 0.3) is 0 Å². The maximum atomic E-state index is 12.9. The molecule has 2 aliphatic heterocycles. The van der Waals surface area contributed by atoms with E-state index in [2.05, 4.69) is 0 Å². The molecule has 1 saturated carbocycles. The minimum Gasteiger partial charge on any atom is -0.497 e. The number of anilines is 2. The molecule has 2 saturated heterocycles. The maximum absolute atomic E-state index is 12.9. The van der Waals surface area contributed by atoms with Gasteiger partial charge in [-0.2, -0.15) is 0 Å². The lowest BCUT2D eigenvalue weighted by atomic mass is 9.81. The number of hydrogen-bond donors (Lipinski definition) is 0. The van der Waals surface area contributed by atoms with E-state index in [1.807, 2.05) is 0 Å². The van der Waals surface area contributed by atoms with Crippen molar-refractivity contribution in [2.45, 2.75) is 32.1 Å². The minimum atomic E-state index is -0.625. The van der Waals surface area contributed by atoms with Gasteiger partial charge in [0, 0.05) is 30.8 Å². The Morgan fingerprint density at radius 2 is 1.50 bits per heavy atom. The molecule has 3 aliphatic rings. The van der Waals surface area contributed by atoms with Crippen LogP contribution in [0.1, 0.15) is 32.1 Å². The summed E-state index contributed by atoms with van der Waals surface area (Å²) in [7, 11) is 1.55. The lowest BCUT2D eigenvalue weighted by molar-refractivity contribution is -0.139. The molecule has 0 radical (unpaired) electrons. The van der Waals surface area contributed by atoms with Crippen molar-refractivity contribution in [3.05, 3.63) is 48.5 Å². The summed E-state index contributed by atoms with van der Waals surface area (Å²) >= 11 is 0. The third-order valence-electron chi connectivity index (χ3n) is 6.96. The number of fused-ring (bicyclic) bond motifs is 1. The Balaban J connectivity index is 1.29. The number of amides is 3. The van der Waals surface area contributed by atoms with Gasteiger partial charge in [0.2, 0.25) is 17.7 Å². The number of imide groups is 1. The van der Waals surface area contributed by atoms with Crippen molar-refractivity contribution in [2.24, 2.45) is 17.8 Å². The zero-order chi connectivity index (χ0) is 23.8. The van der Waals surface area contributed by atoms with Gasteiger partial charge in [-0.25, -0.2) is 4.90 Å². The largest absolute Gasteiger partial charge is 0.497 e. The molecule has 0 unspecified atom stereocenters. The summed E-state index contributed by atoms with van der Waals surface area (Å²) in [6, 6.07) is 13.6. The summed E-state index contributed by atoms with van der Waals surface area (Å²) in [6.07, 6.45) is 3.43. The molecule has 0 aromatic heterocycles. The van der Waals surface area contributed by atoms with E-state index in [9.17, 15) is 19.2 Å². The van der Waals surface area contributed by atoms with Gasteiger partial charge in [-0.3, -0.25) is 19.2 Å². The van der Waals surface area contributed by atoms with Crippen LogP contribution in [0, 0.1) is 17.8 Å². The van der Waals surface area contributed by atoms with Gasteiger partial charge in [0.1, 0.15) is 11.5 Å². The van der Waals surface area contributed by atoms with E-state index < -0.39 is 11.9 Å². The van der Waals surface area contributed by atoms with Gasteiger partial charge in [-0.1, -0.05) is 25.0 Å². The average Bonchev–Trinajstić information content (AvgIpc) is 3.37. The number of rotatable bonds is 5. The molecule has 0 N–H and O–H groups in total. The van der Waals surface area contributed by atoms with Gasteiger partial charge in [-0.05, 0) is 37.1 Å². The van der Waals surface area contributed by atoms with Crippen molar-refractivity contribution in [1.29, 1.82) is 0 Å². The number of nitrogens with zero attached hydrogens (tertiary/aromatic N) is 2. The molecule has 34 heavy (non-hydrogen) atoms. The van der Waals surface area contributed by atoms with Crippen LogP contribution in [-0.2, 0) is 19.2 Å². The molecular weight excluding hydrogens is 436 g/mol. The fraction of sp³-hybridized carbons (Fsp3) is 0.385. The minimum absolute atomic E-state index is 0.0438. The van der Waals surface area contributed by atoms with Crippen LogP contribution in [0.4, 0.5) is 11.4 Å². The predicted octanol–water partition coefficient (Wildman–Crippen LogP) is 3.33. The molecule has 176 valence electrons. The first-order valence-corrected chi connectivity index (χ1v) is 11.6. The zero-order valence-electron chi connectivity index (χ0n) is 18.9. The third-order valence-corrected chi connectivity index (χ3v) is 6.96. The predicted molar refractivity (Wildman–Crippen MR) is 123 cm³/mol. The highest BCUT2D eigenvalue weighted by Crippen LogP contribution is 2.40. The van der Waals surface area contributed by atoms with Crippen molar-refractivity contribution in [2.75, 3.05) is 23.5 Å². The van der Waals surface area contributed by atoms with Crippen molar-refractivity contribution < 1.29 is 28.7 Å². The van der Waals surface area contributed by atoms with Gasteiger partial charge in [0.05, 0.1) is 30.6 Å². The van der Waals surface area contributed by atoms with Crippen molar-refractivity contribution in [3.8, 4) is 11.5 Å². The molecule has 2 heterocycles. The number of esters is 1. The van der Waals surface area contributed by atoms with Crippen LogP contribution in [0.3, 0.4) is 0 Å². The third kappa shape index (κ3) is 3.93. The summed E-state index contributed by atoms with van der Waals surface area (Å²) in [5.74, 6) is -1.30. The van der Waals surface area contributed by atoms with E-state index in [4.69, 9.17) is 9.47 Å². The van der Waals surface area contributed by atoms with Gasteiger partial charge in [-0.15, -0.1) is 0 Å². The zero-order valence-corrected chi connectivity index (χ0v) is 18.9. The Morgan fingerprint density at radius 1 is 0.882 bits per heavy atom. The number of benzene rings is 2. The van der Waals surface area contributed by atoms with E-state index in [-0.39, 0.29) is 48.3 Å². The Hall–Kier alpha value is -3.68. The summed E-state index contributed by atoms with van der Waals surface area (Å²) in [6.45, 7) is 0.205. The second kappa shape index (κ2) is 8.93. The Morgan fingerprint density at radius 3 is 2.18 bits per heavy atom. The Labute approximate surface area is 197 Å². The van der Waals surface area contributed by atoms with E-state index >= 15 is 0 Å². The fourth-order valence-corrected chi connectivity index (χ4v) is 5.20. The SMILES string of the molecule is COc1cccc(N2C[C@@H](C(=O)Oc3cccc(N4C(=O)[C@H]5CCCC[C@H]5C4=O)c3)CC2=O)c1. The Bertz CT molecular complexity index is 1140. The fourth-order valence-electron chi connectivity index (χ4n) is 5.20. The van der Waals surface area contributed by atoms with Gasteiger partial charge < -0.3 is 14.4 Å². The lowest BCUT2D eigenvalue weighted by Crippen LogP contribution is -2.31. The summed E-state index contributed by atoms with van der Waals surface area (Å²) < 4.78 is 10.8. The van der Waals surface area contributed by atoms with E-state index in [0.29, 0.717) is 17.1 Å². The van der Waals surface area contributed by atoms with Gasteiger partial charge >= 0.3 is 5.97 Å². The number of carbonyl (C=O) groups is 4. The van der Waals surface area contributed by atoms with Crippen molar-refractivity contribution in [1.82, 2.24) is 0 Å². The van der Waals surface area contributed by atoms with Crippen LogP contribution in [-0.4, -0.2) is 37.3 Å². The molecule has 5 rings (SSSR count). The molecule has 8 nitrogen and oxygen atoms in total. The van der Waals surface area contributed by atoms with Gasteiger partial charge in [0.15, 0.2) is 0 Å². The van der Waals surface area contributed by atoms with Crippen LogP contribution in [0.2, 0.25) is 0 Å². The highest BCUT2D eigenvalue weighted by Gasteiger charge is 2.48. The standard InChI is InChI=1S/C26H26N2O6/c1-33-19-8-4-6-17(13-19)27-15-16(12-23(27)29)26(32)34-20-9-5-7-18(14-20)28-24(30)21-10-2-3-11-22(21)25(28)31/h4-9,13-14,16,21-22H,2-3,10-12,15H2,1H3/t16-,21-,22+/m0/s1. The number of hydrogen-bond acceptors (Lipinski definition) is 6. The first-order chi connectivity index (χ1) is 16.5. The molecule has 3 atom stereocenters. The topological polar surface area (TPSA) is 93.2 Å². The molecule has 8 heteroatoms. The Kier molecular flexibility index (Phi) is 5.81. The van der Waals surface area contributed by atoms with E-state index in [1.54, 1.807) is 60.5 Å². The number of carbonyl (C=O) groups excluding carboxylic acids is 4. The highest BCUT2D eigenvalue weighted by atomic mass is 16.5. The van der Waals surface area contributed by atoms with E-state index in [1.165, 1.54) is 4.90 Å². The molecule has 2 aromatic rings. The van der Waals surface area contributed by atoms with Crippen LogP contribution in [0.5, 0.6) is 11.5 Å². The number of methoxy groups -OCH3 is 1. The second-order valence-electron chi connectivity index (χ2n) is 9.03. The molecule has 3 fully saturated rings. The van der Waals surface area contributed by atoms with Gasteiger partial charge in [0.25, 0.3) is 0 Å². The maximum Gasteiger partial charge on any atom is 0.316 e. The highest BCUT2D eigenvalue weighted by molar-refractivity contribution is 6.22. The summed E-state index contributed by atoms with van der Waals surface area (Å²) in [5.41, 5.74) is 1.07. The molecule has 0 spiro atoms. The van der Waals surface area contributed by atoms with Crippen LogP contribution < -0.4 is 19.3 Å². The summed E-state index contributed by atoms with van der Waals surface area (Å²) in [5, 5.41) is 0.